The fourth-order valence-electron chi connectivity index (χ4n) is 4.49. The van der Waals surface area contributed by atoms with Gasteiger partial charge in [0.2, 0.25) is 11.8 Å². The van der Waals surface area contributed by atoms with E-state index in [4.69, 9.17) is 5.73 Å². The lowest BCUT2D eigenvalue weighted by Gasteiger charge is -2.27. The number of hydrogen-bond donors (Lipinski definition) is 3. The van der Waals surface area contributed by atoms with Crippen molar-refractivity contribution in [1.82, 2.24) is 25.6 Å². The second-order valence-corrected chi connectivity index (χ2v) is 9.08. The molecule has 4 N–H and O–H groups in total. The number of nitrogens with zero attached hydrogens (tertiary/aromatic N) is 3. The molecule has 3 heterocycles. The molecule has 0 spiro atoms. The molecule has 34 heavy (non-hydrogen) atoms. The summed E-state index contributed by atoms with van der Waals surface area (Å²) in [4.78, 5) is 30.0. The molecule has 11 heteroatoms. The zero-order valence-electron chi connectivity index (χ0n) is 18.9. The Morgan fingerprint density at radius 3 is 2.56 bits per heavy atom. The number of imidazole rings is 1. The number of aryl methyl sites for hydroxylation is 1. The Labute approximate surface area is 194 Å². The Hall–Kier alpha value is -3.37. The first-order valence-corrected chi connectivity index (χ1v) is 11.4. The molecule has 1 aliphatic carbocycles. The van der Waals surface area contributed by atoms with E-state index in [0.29, 0.717) is 18.5 Å². The van der Waals surface area contributed by atoms with Gasteiger partial charge in [0.15, 0.2) is 5.69 Å². The highest BCUT2D eigenvalue weighted by Crippen LogP contribution is 2.37. The summed E-state index contributed by atoms with van der Waals surface area (Å²) >= 11 is 0. The van der Waals surface area contributed by atoms with Gasteiger partial charge in [-0.3, -0.25) is 9.59 Å². The molecule has 1 saturated carbocycles. The number of aromatic amines is 1. The van der Waals surface area contributed by atoms with Crippen molar-refractivity contribution < 1.29 is 23.0 Å². The Morgan fingerprint density at radius 1 is 1.21 bits per heavy atom. The van der Waals surface area contributed by atoms with E-state index in [1.165, 1.54) is 0 Å². The molecule has 2 amide bonds. The second-order valence-electron chi connectivity index (χ2n) is 9.08. The summed E-state index contributed by atoms with van der Waals surface area (Å²) < 4.78 is 30.7. The number of hydrogen-bond acceptors (Lipinski definition) is 6. The SMILES string of the molecule is Cc1nonc1C(N)=O.O=C1NCCC1Cc1ccc2nc(CC3CCC(F)(F)CC3)[nH]c2c1. The number of carbonyl (C=O) groups is 2. The van der Waals surface area contributed by atoms with Gasteiger partial charge in [-0.2, -0.15) is 0 Å². The van der Waals surface area contributed by atoms with Crippen LogP contribution in [-0.2, 0) is 17.6 Å². The number of halogens is 2. The van der Waals surface area contributed by atoms with Gasteiger partial charge >= 0.3 is 0 Å². The third kappa shape index (κ3) is 5.75. The highest BCUT2D eigenvalue weighted by molar-refractivity contribution is 5.91. The average Bonchev–Trinajstić information content (AvgIpc) is 3.50. The van der Waals surface area contributed by atoms with Crippen LogP contribution in [-0.4, -0.2) is 44.6 Å². The molecule has 5 rings (SSSR count). The van der Waals surface area contributed by atoms with Crippen LogP contribution >= 0.6 is 0 Å². The third-order valence-corrected chi connectivity index (χ3v) is 6.44. The number of nitrogens with two attached hydrogens (primary N) is 1. The maximum Gasteiger partial charge on any atom is 0.272 e. The van der Waals surface area contributed by atoms with Crippen molar-refractivity contribution in [2.75, 3.05) is 6.54 Å². The van der Waals surface area contributed by atoms with Gasteiger partial charge in [-0.25, -0.2) is 18.4 Å². The number of amides is 2. The van der Waals surface area contributed by atoms with E-state index in [1.54, 1.807) is 6.92 Å². The van der Waals surface area contributed by atoms with Crippen LogP contribution in [0.1, 0.15) is 59.7 Å². The fourth-order valence-corrected chi connectivity index (χ4v) is 4.49. The van der Waals surface area contributed by atoms with Crippen molar-refractivity contribution in [3.63, 3.8) is 0 Å². The standard InChI is InChI=1S/C19H23F2N3O.C4H5N3O2/c20-19(21)6-3-12(4-7-19)11-17-23-15-2-1-13(10-16(15)24-17)9-14-5-8-22-18(14)25;1-2-3(4(5)8)7-9-6-2/h1-2,10,12,14H,3-9,11H2,(H,22,25)(H,23,24);1H3,(H2,5,8). The Balaban J connectivity index is 0.000000257. The zero-order chi connectivity index (χ0) is 24.3. The molecule has 1 aromatic carbocycles. The van der Waals surface area contributed by atoms with Gasteiger partial charge in [-0.15, -0.1) is 0 Å². The summed E-state index contributed by atoms with van der Waals surface area (Å²) in [5.74, 6) is -1.74. The molecule has 1 atom stereocenters. The van der Waals surface area contributed by atoms with Crippen molar-refractivity contribution in [3.8, 4) is 0 Å². The monoisotopic (exact) mass is 474 g/mol. The summed E-state index contributed by atoms with van der Waals surface area (Å²) in [7, 11) is 0. The lowest BCUT2D eigenvalue weighted by atomic mass is 9.85. The number of nitrogens with one attached hydrogen (secondary N) is 2. The lowest BCUT2D eigenvalue weighted by Crippen LogP contribution is -2.25. The van der Waals surface area contributed by atoms with E-state index in [-0.39, 0.29) is 36.3 Å². The lowest BCUT2D eigenvalue weighted by molar-refractivity contribution is -0.122. The quantitative estimate of drug-likeness (QED) is 0.519. The van der Waals surface area contributed by atoms with Crippen molar-refractivity contribution >= 4 is 22.8 Å². The van der Waals surface area contributed by atoms with Crippen LogP contribution in [0.5, 0.6) is 0 Å². The number of H-pyrrole nitrogens is 1. The van der Waals surface area contributed by atoms with Gasteiger partial charge in [-0.1, -0.05) is 11.2 Å². The van der Waals surface area contributed by atoms with Crippen LogP contribution in [0.3, 0.4) is 0 Å². The number of alkyl halides is 2. The molecular weight excluding hydrogens is 446 g/mol. The molecule has 1 unspecified atom stereocenters. The molecule has 2 fully saturated rings. The van der Waals surface area contributed by atoms with Gasteiger partial charge in [0.1, 0.15) is 11.5 Å². The van der Waals surface area contributed by atoms with Crippen molar-refractivity contribution in [1.29, 1.82) is 0 Å². The molecule has 2 aromatic heterocycles. The summed E-state index contributed by atoms with van der Waals surface area (Å²) in [5.41, 5.74) is 8.36. The zero-order valence-corrected chi connectivity index (χ0v) is 18.9. The van der Waals surface area contributed by atoms with Gasteiger partial charge in [0, 0.05) is 31.7 Å². The molecule has 0 radical (unpaired) electrons. The minimum Gasteiger partial charge on any atom is -0.364 e. The summed E-state index contributed by atoms with van der Waals surface area (Å²) in [6, 6.07) is 6.07. The number of carbonyl (C=O) groups excluding carboxylic acids is 2. The first-order valence-electron chi connectivity index (χ1n) is 11.4. The van der Waals surface area contributed by atoms with Crippen LogP contribution in [0.15, 0.2) is 22.8 Å². The van der Waals surface area contributed by atoms with Gasteiger partial charge < -0.3 is 16.0 Å². The molecule has 182 valence electrons. The van der Waals surface area contributed by atoms with E-state index < -0.39 is 11.8 Å². The van der Waals surface area contributed by atoms with Crippen molar-refractivity contribution in [2.24, 2.45) is 17.6 Å². The average molecular weight is 475 g/mol. The van der Waals surface area contributed by atoms with Crippen LogP contribution in [0.25, 0.3) is 11.0 Å². The van der Waals surface area contributed by atoms with Crippen molar-refractivity contribution in [3.05, 3.63) is 41.0 Å². The third-order valence-electron chi connectivity index (χ3n) is 6.44. The van der Waals surface area contributed by atoms with Gasteiger partial charge in [0.25, 0.3) is 5.91 Å². The molecule has 3 aromatic rings. The molecule has 1 saturated heterocycles. The second kappa shape index (κ2) is 9.86. The Morgan fingerprint density at radius 2 is 1.97 bits per heavy atom. The smallest absolute Gasteiger partial charge is 0.272 e. The van der Waals surface area contributed by atoms with Crippen LogP contribution in [0.4, 0.5) is 8.78 Å². The number of aromatic nitrogens is 4. The van der Waals surface area contributed by atoms with E-state index in [9.17, 15) is 18.4 Å². The maximum absolute atomic E-state index is 13.3. The van der Waals surface area contributed by atoms with E-state index in [0.717, 1.165) is 48.2 Å². The van der Waals surface area contributed by atoms with Crippen LogP contribution < -0.4 is 11.1 Å². The van der Waals surface area contributed by atoms with E-state index in [2.05, 4.69) is 36.3 Å². The molecule has 1 aliphatic heterocycles. The predicted octanol–water partition coefficient (Wildman–Crippen LogP) is 3.09. The molecule has 0 bridgehead atoms. The van der Waals surface area contributed by atoms with E-state index >= 15 is 0 Å². The Kier molecular flexibility index (Phi) is 6.90. The highest BCUT2D eigenvalue weighted by atomic mass is 19.3. The number of rotatable bonds is 5. The fraction of sp³-hybridized carbons (Fsp3) is 0.522. The van der Waals surface area contributed by atoms with Gasteiger partial charge in [0.05, 0.1) is 11.0 Å². The normalized spacial score (nSPS) is 20.1. The number of fused-ring (bicyclic) bond motifs is 1. The number of primary amides is 1. The molecule has 9 nitrogen and oxygen atoms in total. The van der Waals surface area contributed by atoms with E-state index in [1.807, 2.05) is 12.1 Å². The summed E-state index contributed by atoms with van der Waals surface area (Å²) in [6.45, 7) is 2.36. The minimum atomic E-state index is -2.48. The summed E-state index contributed by atoms with van der Waals surface area (Å²) in [5, 5.41) is 9.48. The minimum absolute atomic E-state index is 0.00844. The van der Waals surface area contributed by atoms with Gasteiger partial charge in [-0.05, 0) is 61.4 Å². The molecule has 2 aliphatic rings. The van der Waals surface area contributed by atoms with Crippen LogP contribution in [0.2, 0.25) is 0 Å². The predicted molar refractivity (Wildman–Crippen MR) is 119 cm³/mol. The first-order chi connectivity index (χ1) is 16.2. The van der Waals surface area contributed by atoms with Crippen molar-refractivity contribution in [2.45, 2.75) is 57.8 Å². The Bertz CT molecular complexity index is 1160. The molecular formula is C23H28F2N6O3. The summed E-state index contributed by atoms with van der Waals surface area (Å²) in [6.07, 6.45) is 3.46. The number of benzene rings is 1. The topological polar surface area (TPSA) is 140 Å². The highest BCUT2D eigenvalue weighted by Gasteiger charge is 2.35. The first kappa shape index (κ1) is 23.8. The largest absolute Gasteiger partial charge is 0.364 e. The van der Waals surface area contributed by atoms with Crippen LogP contribution in [0, 0.1) is 18.8 Å². The maximum atomic E-state index is 13.3.